The van der Waals surface area contributed by atoms with Gasteiger partial charge in [0, 0.05) is 25.5 Å². The van der Waals surface area contributed by atoms with Crippen LogP contribution in [0.5, 0.6) is 0 Å². The molecular weight excluding hydrogens is 168 g/mol. The van der Waals surface area contributed by atoms with E-state index in [1.165, 1.54) is 0 Å². The summed E-state index contributed by atoms with van der Waals surface area (Å²) in [6.07, 6.45) is 7.56. The molecule has 3 heteroatoms. The van der Waals surface area contributed by atoms with Crippen LogP contribution in [-0.2, 0) is 13.1 Å². The third kappa shape index (κ3) is 1.74. The number of allylic oxidation sites excluding steroid dienone is 2. The molecule has 0 unspecified atom stereocenters. The fraction of sp³-hybridized carbons (Fsp3) is 0.222. The number of aromatic nitrogens is 2. The van der Waals surface area contributed by atoms with Crippen molar-refractivity contribution in [3.05, 3.63) is 42.5 Å². The first-order valence-electron chi connectivity index (χ1n) is 3.77. The second-order valence-corrected chi connectivity index (χ2v) is 2.83. The third-order valence-corrected chi connectivity index (χ3v) is 2.04. The standard InChI is InChI=1S/C9H12N2S/c1-3-5-10-7-8-11(6-4-2)9(10)12/h3-4,7-8H,1-2,5-6H2. The lowest BCUT2D eigenvalue weighted by atomic mass is 10.6. The average Bonchev–Trinajstić information content (AvgIpc) is 2.38. The Morgan fingerprint density at radius 3 is 1.92 bits per heavy atom. The van der Waals surface area contributed by atoms with Crippen LogP contribution in [0, 0.1) is 4.77 Å². The molecule has 0 saturated carbocycles. The van der Waals surface area contributed by atoms with Crippen LogP contribution >= 0.6 is 12.2 Å². The SMILES string of the molecule is C=CCn1ccn(CC=C)c1=S. The fourth-order valence-corrected chi connectivity index (χ4v) is 1.28. The molecule has 0 fully saturated rings. The van der Waals surface area contributed by atoms with E-state index in [-0.39, 0.29) is 0 Å². The van der Waals surface area contributed by atoms with Crippen molar-refractivity contribution < 1.29 is 0 Å². The Balaban J connectivity index is 2.95. The summed E-state index contributed by atoms with van der Waals surface area (Å²) in [5.41, 5.74) is 0. The van der Waals surface area contributed by atoms with Gasteiger partial charge in [-0.25, -0.2) is 0 Å². The van der Waals surface area contributed by atoms with E-state index in [4.69, 9.17) is 12.2 Å². The zero-order valence-corrected chi connectivity index (χ0v) is 7.76. The molecule has 1 rings (SSSR count). The molecule has 1 aromatic heterocycles. The summed E-state index contributed by atoms with van der Waals surface area (Å²) >= 11 is 5.19. The van der Waals surface area contributed by atoms with Crippen molar-refractivity contribution in [2.24, 2.45) is 0 Å². The first-order chi connectivity index (χ1) is 5.79. The molecule has 0 atom stereocenters. The van der Waals surface area contributed by atoms with Crippen LogP contribution in [-0.4, -0.2) is 9.13 Å². The highest BCUT2D eigenvalue weighted by Crippen LogP contribution is 1.97. The van der Waals surface area contributed by atoms with Gasteiger partial charge >= 0.3 is 0 Å². The van der Waals surface area contributed by atoms with Crippen LogP contribution < -0.4 is 0 Å². The summed E-state index contributed by atoms with van der Waals surface area (Å²) in [6, 6.07) is 0. The van der Waals surface area contributed by atoms with E-state index in [1.807, 2.05) is 33.7 Å². The Hall–Kier alpha value is -1.09. The highest BCUT2D eigenvalue weighted by atomic mass is 32.1. The summed E-state index contributed by atoms with van der Waals surface area (Å²) in [7, 11) is 0. The van der Waals surface area contributed by atoms with Crippen LogP contribution in [0.3, 0.4) is 0 Å². The molecule has 0 radical (unpaired) electrons. The topological polar surface area (TPSA) is 9.86 Å². The normalized spacial score (nSPS) is 9.67. The highest BCUT2D eigenvalue weighted by molar-refractivity contribution is 7.71. The molecule has 0 spiro atoms. The van der Waals surface area contributed by atoms with Gasteiger partial charge < -0.3 is 9.13 Å². The van der Waals surface area contributed by atoms with E-state index in [1.54, 1.807) is 0 Å². The van der Waals surface area contributed by atoms with Crippen LogP contribution in [0.1, 0.15) is 0 Å². The van der Waals surface area contributed by atoms with Gasteiger partial charge in [0.05, 0.1) is 0 Å². The number of hydrogen-bond acceptors (Lipinski definition) is 1. The predicted molar refractivity (Wildman–Crippen MR) is 53.7 cm³/mol. The summed E-state index contributed by atoms with van der Waals surface area (Å²) in [5.74, 6) is 0. The van der Waals surface area contributed by atoms with Crippen LogP contribution in [0.25, 0.3) is 0 Å². The molecule has 0 saturated heterocycles. The van der Waals surface area contributed by atoms with Gasteiger partial charge in [-0.3, -0.25) is 0 Å². The van der Waals surface area contributed by atoms with Crippen molar-refractivity contribution in [1.29, 1.82) is 0 Å². The zero-order valence-electron chi connectivity index (χ0n) is 6.94. The Morgan fingerprint density at radius 2 is 1.58 bits per heavy atom. The Kier molecular flexibility index (Phi) is 3.05. The van der Waals surface area contributed by atoms with Crippen LogP contribution in [0.15, 0.2) is 37.7 Å². The second-order valence-electron chi connectivity index (χ2n) is 2.46. The molecule has 0 aliphatic carbocycles. The van der Waals surface area contributed by atoms with Gasteiger partial charge in [-0.05, 0) is 12.2 Å². The van der Waals surface area contributed by atoms with E-state index < -0.39 is 0 Å². The smallest absolute Gasteiger partial charge is 0.180 e. The van der Waals surface area contributed by atoms with Crippen molar-refractivity contribution in [2.75, 3.05) is 0 Å². The molecule has 1 heterocycles. The van der Waals surface area contributed by atoms with E-state index in [0.29, 0.717) is 0 Å². The molecule has 2 nitrogen and oxygen atoms in total. The van der Waals surface area contributed by atoms with Crippen molar-refractivity contribution >= 4 is 12.2 Å². The minimum absolute atomic E-state index is 0.767. The van der Waals surface area contributed by atoms with E-state index in [0.717, 1.165) is 17.9 Å². The number of imidazole rings is 1. The van der Waals surface area contributed by atoms with Crippen molar-refractivity contribution in [3.63, 3.8) is 0 Å². The lowest BCUT2D eigenvalue weighted by Gasteiger charge is -1.97. The average molecular weight is 180 g/mol. The van der Waals surface area contributed by atoms with Gasteiger partial charge in [-0.15, -0.1) is 13.2 Å². The summed E-state index contributed by atoms with van der Waals surface area (Å²) in [4.78, 5) is 0. The maximum absolute atomic E-state index is 5.19. The molecule has 64 valence electrons. The minimum atomic E-state index is 0.767. The zero-order chi connectivity index (χ0) is 8.97. The molecule has 1 aromatic rings. The van der Waals surface area contributed by atoms with Crippen molar-refractivity contribution in [2.45, 2.75) is 13.1 Å². The first-order valence-corrected chi connectivity index (χ1v) is 4.17. The Morgan fingerprint density at radius 1 is 1.17 bits per heavy atom. The fourth-order valence-electron chi connectivity index (χ4n) is 1.01. The third-order valence-electron chi connectivity index (χ3n) is 1.57. The monoisotopic (exact) mass is 180 g/mol. The van der Waals surface area contributed by atoms with Gasteiger partial charge in [-0.1, -0.05) is 12.2 Å². The largest absolute Gasteiger partial charge is 0.320 e. The molecule has 0 aliphatic heterocycles. The lowest BCUT2D eigenvalue weighted by molar-refractivity contribution is 0.733. The van der Waals surface area contributed by atoms with Gasteiger partial charge in [0.1, 0.15) is 0 Å². The number of hydrogen-bond donors (Lipinski definition) is 0. The van der Waals surface area contributed by atoms with Crippen molar-refractivity contribution in [1.82, 2.24) is 9.13 Å². The van der Waals surface area contributed by atoms with E-state index >= 15 is 0 Å². The lowest BCUT2D eigenvalue weighted by Crippen LogP contribution is -1.98. The molecular formula is C9H12N2S. The molecule has 0 N–H and O–H groups in total. The summed E-state index contributed by atoms with van der Waals surface area (Å²) < 4.78 is 4.74. The summed E-state index contributed by atoms with van der Waals surface area (Å²) in [5, 5.41) is 0. The van der Waals surface area contributed by atoms with Crippen molar-refractivity contribution in [3.8, 4) is 0 Å². The van der Waals surface area contributed by atoms with E-state index in [9.17, 15) is 0 Å². The second kappa shape index (κ2) is 4.07. The highest BCUT2D eigenvalue weighted by Gasteiger charge is 1.94. The maximum Gasteiger partial charge on any atom is 0.180 e. The maximum atomic E-state index is 5.19. The molecule has 12 heavy (non-hydrogen) atoms. The Bertz CT molecular complexity index is 302. The van der Waals surface area contributed by atoms with Gasteiger partial charge in [-0.2, -0.15) is 0 Å². The summed E-state index contributed by atoms with van der Waals surface area (Å²) in [6.45, 7) is 8.85. The van der Waals surface area contributed by atoms with Crippen LogP contribution in [0.2, 0.25) is 0 Å². The van der Waals surface area contributed by atoms with Crippen LogP contribution in [0.4, 0.5) is 0 Å². The molecule has 0 aliphatic rings. The quantitative estimate of drug-likeness (QED) is 0.511. The predicted octanol–water partition coefficient (Wildman–Crippen LogP) is 2.39. The number of rotatable bonds is 4. The first kappa shape index (κ1) is 9.00. The van der Waals surface area contributed by atoms with E-state index in [2.05, 4.69) is 13.2 Å². The molecule has 0 bridgehead atoms. The number of nitrogens with zero attached hydrogens (tertiary/aromatic N) is 2. The van der Waals surface area contributed by atoms with Gasteiger partial charge in [0.15, 0.2) is 4.77 Å². The van der Waals surface area contributed by atoms with Gasteiger partial charge in [0.25, 0.3) is 0 Å². The Labute approximate surface area is 77.4 Å². The molecule has 0 aromatic carbocycles. The molecule has 0 amide bonds. The minimum Gasteiger partial charge on any atom is -0.320 e. The van der Waals surface area contributed by atoms with Gasteiger partial charge in [0.2, 0.25) is 0 Å².